The summed E-state index contributed by atoms with van der Waals surface area (Å²) in [6.07, 6.45) is 11.2. The van der Waals surface area contributed by atoms with Gasteiger partial charge in [-0.3, -0.25) is 9.59 Å². The fourth-order valence-corrected chi connectivity index (χ4v) is 10.6. The van der Waals surface area contributed by atoms with E-state index >= 15 is 0 Å². The first kappa shape index (κ1) is 38.2. The zero-order chi connectivity index (χ0) is 34.3. The Kier molecular flexibility index (Phi) is 15.4. The number of hydrogen-bond acceptors (Lipinski definition) is 7. The molecule has 0 amide bonds. The second-order valence-corrected chi connectivity index (χ2v) is 16.9. The minimum Gasteiger partial charge on any atom is -0.748 e. The molecule has 1 aliphatic carbocycles. The number of allylic oxidation sites excluding steroid dienone is 2. The smallest absolute Gasteiger partial charge is 0.188 e. The molecule has 0 saturated heterocycles. The van der Waals surface area contributed by atoms with Crippen molar-refractivity contribution in [1.82, 2.24) is 0 Å². The summed E-state index contributed by atoms with van der Waals surface area (Å²) in [4.78, 5) is 25.3. The lowest BCUT2D eigenvalue weighted by Crippen LogP contribution is -2.33. The van der Waals surface area contributed by atoms with Crippen LogP contribution in [0.4, 0.5) is 0 Å². The van der Waals surface area contributed by atoms with Gasteiger partial charge in [-0.25, -0.2) is 8.42 Å². The van der Waals surface area contributed by atoms with Gasteiger partial charge in [0.2, 0.25) is 0 Å². The van der Waals surface area contributed by atoms with Crippen molar-refractivity contribution in [2.24, 2.45) is 0 Å². The van der Waals surface area contributed by atoms with Crippen LogP contribution in [0.2, 0.25) is 0 Å². The molecule has 0 bridgehead atoms. The average molecular weight is 679 g/mol. The van der Waals surface area contributed by atoms with Gasteiger partial charge in [0.05, 0.1) is 29.5 Å². The third kappa shape index (κ3) is 10.9. The van der Waals surface area contributed by atoms with Crippen molar-refractivity contribution in [3.05, 3.63) is 113 Å². The molecule has 2 N–H and O–H groups in total. The molecule has 0 saturated carbocycles. The highest BCUT2D eigenvalue weighted by atomic mass is 32.2. The lowest BCUT2D eigenvalue weighted by atomic mass is 9.83. The summed E-state index contributed by atoms with van der Waals surface area (Å²) in [5.74, 6) is -0.589. The van der Waals surface area contributed by atoms with E-state index in [0.29, 0.717) is 23.8 Å². The van der Waals surface area contributed by atoms with Gasteiger partial charge in [0.25, 0.3) is 0 Å². The first-order valence-electron chi connectivity index (χ1n) is 16.2. The van der Waals surface area contributed by atoms with Crippen LogP contribution in [0.5, 0.6) is 0 Å². The van der Waals surface area contributed by atoms with Crippen LogP contribution in [-0.4, -0.2) is 60.4 Å². The monoisotopic (exact) mass is 678 g/mol. The number of unbranched alkanes of at least 4 members (excludes halogenated alkanes) is 7. The van der Waals surface area contributed by atoms with Crippen LogP contribution in [0.15, 0.2) is 113 Å². The Bertz CT molecular complexity index is 1510. The molecular formula is C38H47O7PS. The molecule has 0 unspecified atom stereocenters. The maximum atomic E-state index is 12.8. The van der Waals surface area contributed by atoms with Crippen molar-refractivity contribution >= 4 is 44.9 Å². The number of Topliss-reactive ketones (excluding diaryl/α,β-unsaturated/α-hetero) is 2. The van der Waals surface area contributed by atoms with Gasteiger partial charge in [0.1, 0.15) is 23.2 Å². The number of aliphatic hydroxyl groups is 2. The van der Waals surface area contributed by atoms with Gasteiger partial charge in [-0.2, -0.15) is 0 Å². The first-order valence-corrected chi connectivity index (χ1v) is 20.0. The van der Waals surface area contributed by atoms with Gasteiger partial charge in [0, 0.05) is 28.5 Å². The maximum Gasteiger partial charge on any atom is 0.188 e. The molecule has 7 nitrogen and oxygen atoms in total. The average Bonchev–Trinajstić information content (AvgIpc) is 3.07. The Balaban J connectivity index is 0.00000111. The van der Waals surface area contributed by atoms with Gasteiger partial charge >= 0.3 is 0 Å². The van der Waals surface area contributed by atoms with E-state index in [-0.39, 0.29) is 22.7 Å². The standard InChI is InChI=1S/C37H44O4P.CH4O3S/c1-29-33(37(41)35(28-39)34(27-38)36(29)40)25-17-6-4-2-3-5-7-18-26-42(30-19-11-8-12-20-30,31-21-13-9-14-22-31)32-23-15-10-16-24-32;1-5(2,3)4/h8-16,19-24,38-39H,2-7,17-18,25-28H2,1H3;1H3,(H,2,3,4)/q+1;/p-1. The highest BCUT2D eigenvalue weighted by molar-refractivity contribution is 7.95. The number of hydrogen-bond donors (Lipinski definition) is 2. The number of carbonyl (C=O) groups is 2. The van der Waals surface area contributed by atoms with Crippen LogP contribution in [0.1, 0.15) is 64.7 Å². The number of rotatable bonds is 16. The number of carbonyl (C=O) groups excluding carboxylic acids is 2. The van der Waals surface area contributed by atoms with Gasteiger partial charge < -0.3 is 14.8 Å². The molecule has 1 aliphatic rings. The molecule has 0 atom stereocenters. The molecule has 9 heteroatoms. The van der Waals surface area contributed by atoms with E-state index in [1.165, 1.54) is 41.6 Å². The molecule has 0 aliphatic heterocycles. The second-order valence-electron chi connectivity index (χ2n) is 11.9. The number of benzene rings is 3. The van der Waals surface area contributed by atoms with E-state index in [0.717, 1.165) is 31.8 Å². The highest BCUT2D eigenvalue weighted by Crippen LogP contribution is 2.56. The largest absolute Gasteiger partial charge is 0.748 e. The summed E-state index contributed by atoms with van der Waals surface area (Å²) < 4.78 is 27.2. The minimum absolute atomic E-state index is 0.0411. The van der Waals surface area contributed by atoms with Crippen LogP contribution in [-0.2, 0) is 19.7 Å². The van der Waals surface area contributed by atoms with E-state index in [4.69, 9.17) is 13.0 Å². The highest BCUT2D eigenvalue weighted by Gasteiger charge is 2.44. The van der Waals surface area contributed by atoms with E-state index in [1.807, 2.05) is 0 Å². The van der Waals surface area contributed by atoms with Crippen molar-refractivity contribution in [2.45, 2.75) is 64.7 Å². The quantitative estimate of drug-likeness (QED) is 0.0898. The molecule has 3 aromatic rings. The Hall–Kier alpha value is -3.26. The summed E-state index contributed by atoms with van der Waals surface area (Å²) >= 11 is 0. The van der Waals surface area contributed by atoms with E-state index in [2.05, 4.69) is 91.0 Å². The number of aliphatic hydroxyl groups excluding tert-OH is 2. The lowest BCUT2D eigenvalue weighted by molar-refractivity contribution is -0.117. The lowest BCUT2D eigenvalue weighted by Gasteiger charge is -2.27. The van der Waals surface area contributed by atoms with E-state index in [1.54, 1.807) is 6.92 Å². The molecule has 0 aromatic heterocycles. The van der Waals surface area contributed by atoms with Crippen LogP contribution >= 0.6 is 7.26 Å². The summed E-state index contributed by atoms with van der Waals surface area (Å²) in [5.41, 5.74) is 1.02. The minimum atomic E-state index is -3.92. The van der Waals surface area contributed by atoms with Crippen molar-refractivity contribution in [2.75, 3.05) is 25.6 Å². The third-order valence-electron chi connectivity index (χ3n) is 8.56. The molecule has 0 radical (unpaired) electrons. The van der Waals surface area contributed by atoms with Crippen molar-refractivity contribution in [1.29, 1.82) is 0 Å². The molecular weight excluding hydrogens is 631 g/mol. The first-order chi connectivity index (χ1) is 22.5. The molecule has 47 heavy (non-hydrogen) atoms. The summed E-state index contributed by atoms with van der Waals surface area (Å²) in [6, 6.07) is 33.2. The predicted molar refractivity (Wildman–Crippen MR) is 191 cm³/mol. The van der Waals surface area contributed by atoms with Crippen molar-refractivity contribution in [3.63, 3.8) is 0 Å². The molecule has 0 spiro atoms. The molecule has 252 valence electrons. The molecule has 0 heterocycles. The summed E-state index contributed by atoms with van der Waals surface area (Å²) in [5, 5.41) is 23.4. The van der Waals surface area contributed by atoms with Crippen LogP contribution < -0.4 is 15.9 Å². The Morgan fingerprint density at radius 2 is 0.915 bits per heavy atom. The fraction of sp³-hybridized carbons (Fsp3) is 0.368. The predicted octanol–water partition coefficient (Wildman–Crippen LogP) is 5.40. The molecule has 4 rings (SSSR count). The van der Waals surface area contributed by atoms with Crippen LogP contribution in [0, 0.1) is 0 Å². The zero-order valence-corrected chi connectivity index (χ0v) is 29.1. The van der Waals surface area contributed by atoms with Gasteiger partial charge in [-0.15, -0.1) is 0 Å². The zero-order valence-electron chi connectivity index (χ0n) is 27.4. The SMILES string of the molecule is CC1=C(CCCCCCCCCC[P+](c2ccccc2)(c2ccccc2)c2ccccc2)C(=O)C(CO)=C(CO)C1=O.CS(=O)(=O)[O-]. The van der Waals surface area contributed by atoms with Crippen molar-refractivity contribution in [3.8, 4) is 0 Å². The maximum absolute atomic E-state index is 12.8. The Morgan fingerprint density at radius 1 is 0.574 bits per heavy atom. The fourth-order valence-electron chi connectivity index (χ4n) is 6.22. The molecule has 0 fully saturated rings. The van der Waals surface area contributed by atoms with Gasteiger partial charge in [-0.1, -0.05) is 86.7 Å². The topological polar surface area (TPSA) is 132 Å². The van der Waals surface area contributed by atoms with E-state index in [9.17, 15) is 19.8 Å². The van der Waals surface area contributed by atoms with Crippen molar-refractivity contribution < 1.29 is 32.8 Å². The summed E-state index contributed by atoms with van der Waals surface area (Å²) in [7, 11) is -5.67. The molecule has 3 aromatic carbocycles. The number of ketones is 2. The van der Waals surface area contributed by atoms with Gasteiger partial charge in [0.15, 0.2) is 11.6 Å². The van der Waals surface area contributed by atoms with Crippen LogP contribution in [0.3, 0.4) is 0 Å². The normalized spacial score (nSPS) is 13.9. The Morgan fingerprint density at radius 3 is 1.30 bits per heavy atom. The second kappa shape index (κ2) is 18.9. The van der Waals surface area contributed by atoms with E-state index < -0.39 is 30.6 Å². The third-order valence-corrected chi connectivity index (χ3v) is 13.1. The summed E-state index contributed by atoms with van der Waals surface area (Å²) in [6.45, 7) is 0.630. The van der Waals surface area contributed by atoms with Crippen LogP contribution in [0.25, 0.3) is 0 Å². The Labute approximate surface area is 280 Å². The van der Waals surface area contributed by atoms with Gasteiger partial charge in [-0.05, 0) is 69.0 Å².